The van der Waals surface area contributed by atoms with Gasteiger partial charge in [-0.05, 0) is 25.5 Å². The summed E-state index contributed by atoms with van der Waals surface area (Å²) in [7, 11) is 1.21. The van der Waals surface area contributed by atoms with Gasteiger partial charge in [0.25, 0.3) is 0 Å². The fraction of sp³-hybridized carbons (Fsp3) is 0.312. The Morgan fingerprint density at radius 1 is 1.24 bits per heavy atom. The van der Waals surface area contributed by atoms with Crippen molar-refractivity contribution in [3.63, 3.8) is 0 Å². The van der Waals surface area contributed by atoms with Gasteiger partial charge >= 0.3 is 5.97 Å². The second kappa shape index (κ2) is 6.35. The molecule has 1 heterocycles. The van der Waals surface area contributed by atoms with Gasteiger partial charge in [0, 0.05) is 12.1 Å². The van der Waals surface area contributed by atoms with Crippen LogP contribution in [-0.4, -0.2) is 28.6 Å². The van der Waals surface area contributed by atoms with Crippen LogP contribution in [0.15, 0.2) is 36.4 Å². The lowest BCUT2D eigenvalue weighted by Gasteiger charge is -2.18. The number of benzene rings is 1. The number of nitrogens with zero attached hydrogens (tertiary/aromatic N) is 2. The van der Waals surface area contributed by atoms with E-state index in [1.54, 1.807) is 4.68 Å². The highest BCUT2D eigenvalue weighted by Crippen LogP contribution is 2.24. The third kappa shape index (κ3) is 3.37. The monoisotopic (exact) mass is 286 g/mol. The molecular formula is C16H18N2O3. The lowest BCUT2D eigenvalue weighted by Crippen LogP contribution is -2.23. The molecule has 1 atom stereocenters. The molecular weight excluding hydrogens is 268 g/mol. The third-order valence-corrected chi connectivity index (χ3v) is 3.32. The Balaban J connectivity index is 2.38. The third-order valence-electron chi connectivity index (χ3n) is 3.32. The number of esters is 1. The Labute approximate surface area is 123 Å². The molecule has 5 nitrogen and oxygen atoms in total. The maximum absolute atomic E-state index is 11.9. The first-order chi connectivity index (χ1) is 10.0. The van der Waals surface area contributed by atoms with Crippen LogP contribution in [0.5, 0.6) is 0 Å². The number of Topliss-reactive ketones (excluding diaryl/α,β-unsaturated/α-hetero) is 1. The molecule has 0 radical (unpaired) electrons. The molecule has 21 heavy (non-hydrogen) atoms. The number of ether oxygens (including phenoxy) is 1. The van der Waals surface area contributed by atoms with Gasteiger partial charge in [-0.1, -0.05) is 30.3 Å². The van der Waals surface area contributed by atoms with Crippen molar-refractivity contribution < 1.29 is 14.3 Å². The van der Waals surface area contributed by atoms with Gasteiger partial charge in [0.2, 0.25) is 5.78 Å². The number of aromatic nitrogens is 2. The van der Waals surface area contributed by atoms with Gasteiger partial charge < -0.3 is 4.74 Å². The summed E-state index contributed by atoms with van der Waals surface area (Å²) in [5, 5.41) is 4.44. The van der Waals surface area contributed by atoms with Gasteiger partial charge in [-0.3, -0.25) is 9.48 Å². The quantitative estimate of drug-likeness (QED) is 0.624. The Hall–Kier alpha value is -2.43. The number of carbonyl (C=O) groups is 2. The van der Waals surface area contributed by atoms with Gasteiger partial charge in [0.05, 0.1) is 18.8 Å². The zero-order valence-corrected chi connectivity index (χ0v) is 12.4. The molecule has 0 saturated heterocycles. The van der Waals surface area contributed by atoms with Crippen molar-refractivity contribution in [2.45, 2.75) is 26.3 Å². The van der Waals surface area contributed by atoms with Crippen molar-refractivity contribution >= 4 is 11.8 Å². The standard InChI is InChI=1S/C16H18N2O3/c1-11-9-12(2)18(17-11)14(10-15(19)16(20)21-3)13-7-5-4-6-8-13/h4-9,14H,10H2,1-3H3. The normalized spacial score (nSPS) is 12.0. The summed E-state index contributed by atoms with van der Waals surface area (Å²) in [5.41, 5.74) is 2.75. The van der Waals surface area contributed by atoms with Crippen molar-refractivity contribution in [3.8, 4) is 0 Å². The lowest BCUT2D eigenvalue weighted by molar-refractivity contribution is -0.151. The molecule has 0 aliphatic carbocycles. The second-order valence-electron chi connectivity index (χ2n) is 4.92. The highest BCUT2D eigenvalue weighted by atomic mass is 16.5. The van der Waals surface area contributed by atoms with Crippen molar-refractivity contribution in [1.29, 1.82) is 0 Å². The predicted octanol–water partition coefficient (Wildman–Crippen LogP) is 2.22. The number of aryl methyl sites for hydroxylation is 2. The highest BCUT2D eigenvalue weighted by Gasteiger charge is 2.24. The first-order valence-electron chi connectivity index (χ1n) is 6.71. The van der Waals surface area contributed by atoms with E-state index in [0.29, 0.717) is 0 Å². The van der Waals surface area contributed by atoms with Crippen molar-refractivity contribution in [2.24, 2.45) is 0 Å². The van der Waals surface area contributed by atoms with E-state index < -0.39 is 11.8 Å². The molecule has 5 heteroatoms. The minimum absolute atomic E-state index is 0.0264. The maximum Gasteiger partial charge on any atom is 0.374 e. The SMILES string of the molecule is COC(=O)C(=O)CC(c1ccccc1)n1nc(C)cc1C. The summed E-state index contributed by atoms with van der Waals surface area (Å²) < 4.78 is 6.29. The van der Waals surface area contributed by atoms with Crippen LogP contribution in [0.1, 0.15) is 29.4 Å². The van der Waals surface area contributed by atoms with E-state index >= 15 is 0 Å². The van der Waals surface area contributed by atoms with E-state index in [1.165, 1.54) is 7.11 Å². The maximum atomic E-state index is 11.9. The minimum atomic E-state index is -0.822. The van der Waals surface area contributed by atoms with Crippen LogP contribution >= 0.6 is 0 Å². The van der Waals surface area contributed by atoms with Gasteiger partial charge in [-0.2, -0.15) is 5.10 Å². The molecule has 0 fully saturated rings. The van der Waals surface area contributed by atoms with E-state index in [-0.39, 0.29) is 12.5 Å². The number of methoxy groups -OCH3 is 1. The number of hydrogen-bond donors (Lipinski definition) is 0. The summed E-state index contributed by atoms with van der Waals surface area (Å²) in [6.45, 7) is 3.83. The van der Waals surface area contributed by atoms with E-state index in [9.17, 15) is 9.59 Å². The molecule has 2 aromatic rings. The zero-order chi connectivity index (χ0) is 15.4. The smallest absolute Gasteiger partial charge is 0.374 e. The summed E-state index contributed by atoms with van der Waals surface area (Å²) in [5.74, 6) is -1.38. The fourth-order valence-electron chi connectivity index (χ4n) is 2.36. The average Bonchev–Trinajstić information content (AvgIpc) is 2.83. The van der Waals surface area contributed by atoms with E-state index in [2.05, 4.69) is 9.84 Å². The van der Waals surface area contributed by atoms with Gasteiger partial charge in [-0.25, -0.2) is 4.79 Å². The molecule has 1 aromatic heterocycles. The first kappa shape index (κ1) is 15.0. The van der Waals surface area contributed by atoms with Crippen LogP contribution in [0.3, 0.4) is 0 Å². The second-order valence-corrected chi connectivity index (χ2v) is 4.92. The summed E-state index contributed by atoms with van der Waals surface area (Å²) in [6.07, 6.45) is 0.0264. The van der Waals surface area contributed by atoms with Crippen molar-refractivity contribution in [3.05, 3.63) is 53.3 Å². The highest BCUT2D eigenvalue weighted by molar-refractivity contribution is 6.33. The number of ketones is 1. The number of hydrogen-bond acceptors (Lipinski definition) is 4. The molecule has 110 valence electrons. The number of carbonyl (C=O) groups excluding carboxylic acids is 2. The van der Waals surface area contributed by atoms with Crippen molar-refractivity contribution in [2.75, 3.05) is 7.11 Å². The molecule has 0 aliphatic rings. The molecule has 0 saturated carbocycles. The number of rotatable bonds is 5. The van der Waals surface area contributed by atoms with Crippen LogP contribution < -0.4 is 0 Å². The van der Waals surface area contributed by atoms with Crippen LogP contribution in [0.4, 0.5) is 0 Å². The van der Waals surface area contributed by atoms with E-state index in [1.807, 2.05) is 50.2 Å². The molecule has 0 amide bonds. The van der Waals surface area contributed by atoms with Crippen LogP contribution in [-0.2, 0) is 14.3 Å². The zero-order valence-electron chi connectivity index (χ0n) is 12.4. The van der Waals surface area contributed by atoms with Gasteiger partial charge in [0.15, 0.2) is 0 Å². The van der Waals surface area contributed by atoms with Crippen LogP contribution in [0, 0.1) is 13.8 Å². The minimum Gasteiger partial charge on any atom is -0.463 e. The Morgan fingerprint density at radius 3 is 2.43 bits per heavy atom. The Morgan fingerprint density at radius 2 is 1.90 bits per heavy atom. The molecule has 0 aliphatic heterocycles. The van der Waals surface area contributed by atoms with Crippen molar-refractivity contribution in [1.82, 2.24) is 9.78 Å². The molecule has 1 unspecified atom stereocenters. The van der Waals surface area contributed by atoms with Gasteiger partial charge in [0.1, 0.15) is 0 Å². The average molecular weight is 286 g/mol. The largest absolute Gasteiger partial charge is 0.463 e. The predicted molar refractivity (Wildman–Crippen MR) is 77.9 cm³/mol. The molecule has 0 N–H and O–H groups in total. The molecule has 1 aromatic carbocycles. The molecule has 2 rings (SSSR count). The Bertz CT molecular complexity index is 647. The molecule has 0 bridgehead atoms. The summed E-state index contributed by atoms with van der Waals surface area (Å²) in [6, 6.07) is 11.2. The topological polar surface area (TPSA) is 61.2 Å². The van der Waals surface area contributed by atoms with Crippen LogP contribution in [0.25, 0.3) is 0 Å². The summed E-state index contributed by atoms with van der Waals surface area (Å²) >= 11 is 0. The fourth-order valence-corrected chi connectivity index (χ4v) is 2.36. The van der Waals surface area contributed by atoms with Gasteiger partial charge in [-0.15, -0.1) is 0 Å². The Kier molecular flexibility index (Phi) is 4.52. The summed E-state index contributed by atoms with van der Waals surface area (Å²) in [4.78, 5) is 23.3. The van der Waals surface area contributed by atoms with Crippen LogP contribution in [0.2, 0.25) is 0 Å². The van der Waals surface area contributed by atoms with E-state index in [4.69, 9.17) is 0 Å². The first-order valence-corrected chi connectivity index (χ1v) is 6.71. The molecule has 0 spiro atoms. The van der Waals surface area contributed by atoms with E-state index in [0.717, 1.165) is 17.0 Å². The lowest BCUT2D eigenvalue weighted by atomic mass is 10.0.